The molecule has 1 heterocycles. The van der Waals surface area contributed by atoms with Crippen LogP contribution in [0.1, 0.15) is 27.7 Å². The number of aliphatic hydroxyl groups excluding tert-OH is 1. The summed E-state index contributed by atoms with van der Waals surface area (Å²) in [6.07, 6.45) is 0.456. The van der Waals surface area contributed by atoms with Gasteiger partial charge in [-0.3, -0.25) is 14.9 Å². The number of aromatic nitrogens is 2. The molecule has 0 radical (unpaired) electrons. The van der Waals surface area contributed by atoms with Gasteiger partial charge in [0, 0.05) is 23.7 Å². The molecule has 3 rings (SSSR count). The molecular weight excluding hydrogens is 384 g/mol. The first-order valence-electron chi connectivity index (χ1n) is 8.38. The summed E-state index contributed by atoms with van der Waals surface area (Å²) < 4.78 is 1.60. The number of non-ortho nitro benzene ring substituents is 1. The highest BCUT2D eigenvalue weighted by Gasteiger charge is 2.17. The van der Waals surface area contributed by atoms with Gasteiger partial charge in [0.25, 0.3) is 11.6 Å². The Morgan fingerprint density at radius 3 is 2.68 bits per heavy atom. The second-order valence-electron chi connectivity index (χ2n) is 6.11. The fourth-order valence-electron chi connectivity index (χ4n) is 2.72. The molecule has 0 bridgehead atoms. The zero-order valence-corrected chi connectivity index (χ0v) is 15.6. The molecule has 1 aromatic heterocycles. The highest BCUT2D eigenvalue weighted by molar-refractivity contribution is 6.30. The maximum atomic E-state index is 12.5. The minimum absolute atomic E-state index is 0.0432. The van der Waals surface area contributed by atoms with Crippen LogP contribution in [-0.4, -0.2) is 32.3 Å². The fraction of sp³-hybridized carbons (Fsp3) is 0.158. The number of nitrogens with one attached hydrogen (secondary N) is 1. The van der Waals surface area contributed by atoms with Crippen LogP contribution >= 0.6 is 11.6 Å². The molecule has 0 saturated carbocycles. The van der Waals surface area contributed by atoms with Crippen LogP contribution in [0.25, 0.3) is 5.69 Å². The minimum Gasteiger partial charge on any atom is -0.387 e. The fourth-order valence-corrected chi connectivity index (χ4v) is 2.91. The van der Waals surface area contributed by atoms with E-state index in [2.05, 4.69) is 10.4 Å². The molecule has 0 aliphatic rings. The first-order chi connectivity index (χ1) is 13.4. The monoisotopic (exact) mass is 400 g/mol. The van der Waals surface area contributed by atoms with Gasteiger partial charge in [-0.05, 0) is 42.8 Å². The number of amides is 1. The Hall–Kier alpha value is -3.23. The molecule has 0 aliphatic heterocycles. The van der Waals surface area contributed by atoms with Crippen molar-refractivity contribution in [3.63, 3.8) is 0 Å². The largest absolute Gasteiger partial charge is 0.387 e. The van der Waals surface area contributed by atoms with E-state index in [1.54, 1.807) is 29.8 Å². The van der Waals surface area contributed by atoms with Gasteiger partial charge in [-0.1, -0.05) is 17.7 Å². The van der Waals surface area contributed by atoms with E-state index in [0.29, 0.717) is 21.8 Å². The first kappa shape index (κ1) is 19.5. The Kier molecular flexibility index (Phi) is 5.72. The molecule has 2 N–H and O–H groups in total. The number of halogens is 1. The Balaban J connectivity index is 1.67. The molecule has 144 valence electrons. The van der Waals surface area contributed by atoms with Crippen molar-refractivity contribution in [1.29, 1.82) is 0 Å². The number of nitro benzene ring substituents is 1. The molecule has 28 heavy (non-hydrogen) atoms. The number of carbonyl (C=O) groups is 1. The third-order valence-corrected chi connectivity index (χ3v) is 4.49. The Labute approximate surface area is 165 Å². The SMILES string of the molecule is Cc1c(C(=O)NC[C@H](O)c2ccc([N+](=O)[O-])cc2)cnn1-c1cccc(Cl)c1. The standard InChI is InChI=1S/C19H17ClN4O4/c1-12-17(10-22-23(12)16-4-2-3-14(20)9-16)19(26)21-11-18(25)13-5-7-15(8-6-13)24(27)28/h2-10,18,25H,11H2,1H3,(H,21,26)/t18-/m0/s1. The zero-order chi connectivity index (χ0) is 20.3. The number of hydrogen-bond acceptors (Lipinski definition) is 5. The minimum atomic E-state index is -0.993. The van der Waals surface area contributed by atoms with Gasteiger partial charge in [0.1, 0.15) is 0 Å². The summed E-state index contributed by atoms with van der Waals surface area (Å²) in [5, 5.41) is 28.3. The van der Waals surface area contributed by atoms with Crippen molar-refractivity contribution in [3.8, 4) is 5.69 Å². The first-order valence-corrected chi connectivity index (χ1v) is 8.76. The maximum absolute atomic E-state index is 12.5. The van der Waals surface area contributed by atoms with Crippen molar-refractivity contribution in [1.82, 2.24) is 15.1 Å². The molecule has 1 amide bonds. The summed E-state index contributed by atoms with van der Waals surface area (Å²) >= 11 is 6.00. The molecule has 3 aromatic rings. The molecule has 0 unspecified atom stereocenters. The molecule has 2 aromatic carbocycles. The lowest BCUT2D eigenvalue weighted by molar-refractivity contribution is -0.384. The van der Waals surface area contributed by atoms with E-state index in [9.17, 15) is 20.0 Å². The van der Waals surface area contributed by atoms with Crippen LogP contribution in [0, 0.1) is 17.0 Å². The third kappa shape index (κ3) is 4.19. The molecule has 8 nitrogen and oxygen atoms in total. The van der Waals surface area contributed by atoms with Gasteiger partial charge >= 0.3 is 0 Å². The van der Waals surface area contributed by atoms with Gasteiger partial charge in [0.2, 0.25) is 0 Å². The number of nitrogens with zero attached hydrogens (tertiary/aromatic N) is 3. The second-order valence-corrected chi connectivity index (χ2v) is 6.55. The lowest BCUT2D eigenvalue weighted by Crippen LogP contribution is -2.28. The van der Waals surface area contributed by atoms with Crippen molar-refractivity contribution in [2.24, 2.45) is 0 Å². The van der Waals surface area contributed by atoms with Crippen LogP contribution in [0.5, 0.6) is 0 Å². The summed E-state index contributed by atoms with van der Waals surface area (Å²) in [5.74, 6) is -0.383. The van der Waals surface area contributed by atoms with Gasteiger partial charge in [-0.25, -0.2) is 4.68 Å². The van der Waals surface area contributed by atoms with Crippen LogP contribution in [0.2, 0.25) is 5.02 Å². The number of nitro groups is 1. The smallest absolute Gasteiger partial charge is 0.269 e. The summed E-state index contributed by atoms with van der Waals surface area (Å²) in [5.41, 5.74) is 2.14. The summed E-state index contributed by atoms with van der Waals surface area (Å²) in [4.78, 5) is 22.6. The highest BCUT2D eigenvalue weighted by atomic mass is 35.5. The van der Waals surface area contributed by atoms with Crippen LogP contribution in [-0.2, 0) is 0 Å². The quantitative estimate of drug-likeness (QED) is 0.487. The number of aliphatic hydroxyl groups is 1. The van der Waals surface area contributed by atoms with Gasteiger partial charge < -0.3 is 10.4 Å². The van der Waals surface area contributed by atoms with Gasteiger partial charge in [-0.2, -0.15) is 5.10 Å². The average Bonchev–Trinajstić information content (AvgIpc) is 3.07. The predicted octanol–water partition coefficient (Wildman–Crippen LogP) is 3.21. The molecule has 1 atom stereocenters. The lowest BCUT2D eigenvalue weighted by Gasteiger charge is -2.12. The summed E-state index contributed by atoms with van der Waals surface area (Å²) in [6, 6.07) is 12.6. The van der Waals surface area contributed by atoms with Gasteiger partial charge in [0.15, 0.2) is 0 Å². The van der Waals surface area contributed by atoms with Crippen LogP contribution in [0.15, 0.2) is 54.7 Å². The number of benzene rings is 2. The molecular formula is C19H17ClN4O4. The Bertz CT molecular complexity index is 1020. The van der Waals surface area contributed by atoms with Crippen LogP contribution in [0.3, 0.4) is 0 Å². The number of carbonyl (C=O) groups excluding carboxylic acids is 1. The number of hydrogen-bond donors (Lipinski definition) is 2. The maximum Gasteiger partial charge on any atom is 0.269 e. The summed E-state index contributed by atoms with van der Waals surface area (Å²) in [6.45, 7) is 1.72. The predicted molar refractivity (Wildman–Crippen MR) is 104 cm³/mol. The van der Waals surface area contributed by atoms with E-state index in [1.807, 2.05) is 6.07 Å². The van der Waals surface area contributed by atoms with E-state index in [1.165, 1.54) is 30.5 Å². The molecule has 0 fully saturated rings. The van der Waals surface area contributed by atoms with Gasteiger partial charge in [-0.15, -0.1) is 0 Å². The van der Waals surface area contributed by atoms with E-state index in [0.717, 1.165) is 5.69 Å². The van der Waals surface area contributed by atoms with Crippen molar-refractivity contribution in [2.45, 2.75) is 13.0 Å². The molecule has 0 saturated heterocycles. The van der Waals surface area contributed by atoms with Gasteiger partial charge in [0.05, 0.1) is 34.2 Å². The van der Waals surface area contributed by atoms with E-state index >= 15 is 0 Å². The van der Waals surface area contributed by atoms with Crippen molar-refractivity contribution >= 4 is 23.2 Å². The number of rotatable bonds is 6. The molecule has 0 aliphatic carbocycles. The molecule has 9 heteroatoms. The lowest BCUT2D eigenvalue weighted by atomic mass is 10.1. The van der Waals surface area contributed by atoms with Crippen molar-refractivity contribution in [2.75, 3.05) is 6.54 Å². The highest BCUT2D eigenvalue weighted by Crippen LogP contribution is 2.19. The zero-order valence-electron chi connectivity index (χ0n) is 14.9. The van der Waals surface area contributed by atoms with E-state index < -0.39 is 11.0 Å². The normalized spacial score (nSPS) is 11.8. The molecule has 0 spiro atoms. The topological polar surface area (TPSA) is 110 Å². The second kappa shape index (κ2) is 8.20. The van der Waals surface area contributed by atoms with Crippen molar-refractivity contribution in [3.05, 3.63) is 86.7 Å². The van der Waals surface area contributed by atoms with Crippen LogP contribution < -0.4 is 5.32 Å². The summed E-state index contributed by atoms with van der Waals surface area (Å²) in [7, 11) is 0. The average molecular weight is 401 g/mol. The van der Waals surface area contributed by atoms with Crippen LogP contribution in [0.4, 0.5) is 5.69 Å². The van der Waals surface area contributed by atoms with E-state index in [4.69, 9.17) is 11.6 Å². The Morgan fingerprint density at radius 1 is 1.32 bits per heavy atom. The van der Waals surface area contributed by atoms with Crippen molar-refractivity contribution < 1.29 is 14.8 Å². The Morgan fingerprint density at radius 2 is 2.04 bits per heavy atom. The third-order valence-electron chi connectivity index (χ3n) is 4.25. The van der Waals surface area contributed by atoms with E-state index in [-0.39, 0.29) is 18.1 Å².